The number of halogens is 1. The Morgan fingerprint density at radius 2 is 1.74 bits per heavy atom. The molecular formula is C20H37IN4O2. The second-order valence-electron chi connectivity index (χ2n) is 6.99. The van der Waals surface area contributed by atoms with Gasteiger partial charge in [0, 0.05) is 12.6 Å². The first-order valence-corrected chi connectivity index (χ1v) is 9.27. The Hall–Kier alpha value is -1.22. The van der Waals surface area contributed by atoms with E-state index >= 15 is 0 Å². The molecule has 0 saturated carbocycles. The van der Waals surface area contributed by atoms with Crippen LogP contribution < -0.4 is 20.1 Å². The van der Waals surface area contributed by atoms with Crippen LogP contribution in [0.1, 0.15) is 39.3 Å². The van der Waals surface area contributed by atoms with Crippen molar-refractivity contribution >= 4 is 29.9 Å². The van der Waals surface area contributed by atoms with E-state index in [4.69, 9.17) is 14.5 Å². The number of benzene rings is 1. The molecular weight excluding hydrogens is 455 g/mol. The van der Waals surface area contributed by atoms with E-state index in [1.165, 1.54) is 0 Å². The van der Waals surface area contributed by atoms with Crippen molar-refractivity contribution in [3.05, 3.63) is 23.8 Å². The van der Waals surface area contributed by atoms with E-state index in [0.717, 1.165) is 29.6 Å². The molecule has 0 aliphatic heterocycles. The third kappa shape index (κ3) is 8.13. The van der Waals surface area contributed by atoms with Crippen molar-refractivity contribution in [3.8, 4) is 11.5 Å². The number of ether oxygens (including phenoxy) is 2. The lowest BCUT2D eigenvalue weighted by Gasteiger charge is -2.25. The zero-order chi connectivity index (χ0) is 19.7. The lowest BCUT2D eigenvalue weighted by molar-refractivity contribution is 0.303. The van der Waals surface area contributed by atoms with Crippen molar-refractivity contribution in [2.45, 2.75) is 39.8 Å². The van der Waals surface area contributed by atoms with Crippen molar-refractivity contribution in [1.82, 2.24) is 15.5 Å². The summed E-state index contributed by atoms with van der Waals surface area (Å²) in [5.74, 6) is 2.85. The summed E-state index contributed by atoms with van der Waals surface area (Å²) in [4.78, 5) is 6.98. The van der Waals surface area contributed by atoms with Crippen molar-refractivity contribution in [1.29, 1.82) is 0 Å². The Balaban J connectivity index is 0.00000676. The number of rotatable bonds is 9. The fourth-order valence-corrected chi connectivity index (χ4v) is 2.51. The molecule has 0 aromatic heterocycles. The molecule has 0 bridgehead atoms. The number of aliphatic imine (C=N–C) groups is 1. The number of hydrogen-bond acceptors (Lipinski definition) is 4. The fraction of sp³-hybridized carbons (Fsp3) is 0.650. The first kappa shape index (κ1) is 25.8. The molecule has 0 aliphatic carbocycles. The number of nitrogens with zero attached hydrogens (tertiary/aromatic N) is 2. The standard InChI is InChI=1S/C20H36N4O2.HI/c1-9-21-20(23-15(4)14(2)3)22-13-17(24(5)6)16-10-11-18(25-7)19(12-16)26-8;/h10-12,14-15,17H,9,13H2,1-8H3,(H2,21,22,23);1H. The molecule has 0 amide bonds. The molecule has 2 unspecified atom stereocenters. The lowest BCUT2D eigenvalue weighted by Crippen LogP contribution is -2.44. The SMILES string of the molecule is CCNC(=NCC(c1ccc(OC)c(OC)c1)N(C)C)NC(C)C(C)C.I. The molecule has 0 aliphatic rings. The van der Waals surface area contributed by atoms with Crippen molar-refractivity contribution in [2.75, 3.05) is 41.4 Å². The molecule has 2 N–H and O–H groups in total. The minimum Gasteiger partial charge on any atom is -0.493 e. The van der Waals surface area contributed by atoms with E-state index in [2.05, 4.69) is 63.4 Å². The summed E-state index contributed by atoms with van der Waals surface area (Å²) >= 11 is 0. The maximum Gasteiger partial charge on any atom is 0.191 e. The van der Waals surface area contributed by atoms with Gasteiger partial charge in [-0.3, -0.25) is 4.99 Å². The number of nitrogens with one attached hydrogen (secondary N) is 2. The summed E-state index contributed by atoms with van der Waals surface area (Å²) in [6.07, 6.45) is 0. The minimum atomic E-state index is 0. The second kappa shape index (κ2) is 13.0. The van der Waals surface area contributed by atoms with Gasteiger partial charge in [0.2, 0.25) is 0 Å². The largest absolute Gasteiger partial charge is 0.493 e. The number of likely N-dealkylation sites (N-methyl/N-ethyl adjacent to an activating group) is 1. The van der Waals surface area contributed by atoms with Crippen LogP contribution in [0.25, 0.3) is 0 Å². The van der Waals surface area contributed by atoms with E-state index in [0.29, 0.717) is 18.5 Å². The number of guanidine groups is 1. The Labute approximate surface area is 182 Å². The Morgan fingerprint density at radius 1 is 1.11 bits per heavy atom. The summed E-state index contributed by atoms with van der Waals surface area (Å²) in [5, 5.41) is 6.81. The molecule has 0 radical (unpaired) electrons. The van der Waals surface area contributed by atoms with Crippen LogP contribution in [0.3, 0.4) is 0 Å². The van der Waals surface area contributed by atoms with Gasteiger partial charge in [-0.1, -0.05) is 19.9 Å². The normalized spacial score (nSPS) is 13.8. The molecule has 1 rings (SSSR count). The smallest absolute Gasteiger partial charge is 0.191 e. The third-order valence-corrected chi connectivity index (χ3v) is 4.55. The summed E-state index contributed by atoms with van der Waals surface area (Å²) in [6.45, 7) is 10.1. The molecule has 27 heavy (non-hydrogen) atoms. The van der Waals surface area contributed by atoms with Crippen LogP contribution in [-0.2, 0) is 0 Å². The predicted octanol–water partition coefficient (Wildman–Crippen LogP) is 3.52. The summed E-state index contributed by atoms with van der Waals surface area (Å²) in [6, 6.07) is 6.53. The van der Waals surface area contributed by atoms with Crippen LogP contribution in [0.15, 0.2) is 23.2 Å². The molecule has 0 saturated heterocycles. The number of hydrogen-bond donors (Lipinski definition) is 2. The van der Waals surface area contributed by atoms with Gasteiger partial charge in [0.05, 0.1) is 26.8 Å². The highest BCUT2D eigenvalue weighted by Crippen LogP contribution is 2.31. The average Bonchev–Trinajstić information content (AvgIpc) is 2.61. The maximum atomic E-state index is 5.45. The fourth-order valence-electron chi connectivity index (χ4n) is 2.51. The van der Waals surface area contributed by atoms with Gasteiger partial charge >= 0.3 is 0 Å². The molecule has 7 heteroatoms. The summed E-state index contributed by atoms with van der Waals surface area (Å²) in [5.41, 5.74) is 1.14. The Morgan fingerprint density at radius 3 is 2.22 bits per heavy atom. The highest BCUT2D eigenvalue weighted by molar-refractivity contribution is 14.0. The first-order valence-electron chi connectivity index (χ1n) is 9.27. The molecule has 156 valence electrons. The van der Waals surface area contributed by atoms with Gasteiger partial charge in [-0.15, -0.1) is 24.0 Å². The van der Waals surface area contributed by atoms with Gasteiger partial charge in [-0.25, -0.2) is 0 Å². The van der Waals surface area contributed by atoms with Gasteiger partial charge in [0.1, 0.15) is 0 Å². The predicted molar refractivity (Wildman–Crippen MR) is 125 cm³/mol. The zero-order valence-corrected chi connectivity index (χ0v) is 20.3. The van der Waals surface area contributed by atoms with Gasteiger partial charge < -0.3 is 25.0 Å². The summed E-state index contributed by atoms with van der Waals surface area (Å²) in [7, 11) is 7.43. The van der Waals surface area contributed by atoms with E-state index in [-0.39, 0.29) is 30.0 Å². The molecule has 1 aromatic carbocycles. The van der Waals surface area contributed by atoms with Gasteiger partial charge in [0.15, 0.2) is 17.5 Å². The molecule has 0 spiro atoms. The minimum absolute atomic E-state index is 0. The van der Waals surface area contributed by atoms with Crippen LogP contribution in [0.4, 0.5) is 0 Å². The van der Waals surface area contributed by atoms with E-state index < -0.39 is 0 Å². The van der Waals surface area contributed by atoms with E-state index in [1.54, 1.807) is 14.2 Å². The second-order valence-corrected chi connectivity index (χ2v) is 6.99. The van der Waals surface area contributed by atoms with Gasteiger partial charge in [-0.2, -0.15) is 0 Å². The highest BCUT2D eigenvalue weighted by atomic mass is 127. The zero-order valence-electron chi connectivity index (χ0n) is 18.0. The van der Waals surface area contributed by atoms with Gasteiger partial charge in [-0.05, 0) is 51.6 Å². The number of methoxy groups -OCH3 is 2. The molecule has 0 fully saturated rings. The van der Waals surface area contributed by atoms with Gasteiger partial charge in [0.25, 0.3) is 0 Å². The monoisotopic (exact) mass is 492 g/mol. The molecule has 2 atom stereocenters. The van der Waals surface area contributed by atoms with E-state index in [9.17, 15) is 0 Å². The Kier molecular flexibility index (Phi) is 12.5. The molecule has 1 aromatic rings. The quantitative estimate of drug-likeness (QED) is 0.314. The van der Waals surface area contributed by atoms with Crippen LogP contribution in [-0.4, -0.2) is 58.3 Å². The van der Waals surface area contributed by atoms with Crippen molar-refractivity contribution < 1.29 is 9.47 Å². The van der Waals surface area contributed by atoms with Crippen LogP contribution in [0.5, 0.6) is 11.5 Å². The van der Waals surface area contributed by atoms with Crippen LogP contribution >= 0.6 is 24.0 Å². The van der Waals surface area contributed by atoms with E-state index in [1.807, 2.05) is 12.1 Å². The van der Waals surface area contributed by atoms with Crippen molar-refractivity contribution in [3.63, 3.8) is 0 Å². The lowest BCUT2D eigenvalue weighted by atomic mass is 10.1. The van der Waals surface area contributed by atoms with Crippen LogP contribution in [0.2, 0.25) is 0 Å². The first-order chi connectivity index (χ1) is 12.3. The maximum absolute atomic E-state index is 5.45. The molecule has 0 heterocycles. The average molecular weight is 492 g/mol. The third-order valence-electron chi connectivity index (χ3n) is 4.55. The Bertz CT molecular complexity index is 579. The molecule has 6 nitrogen and oxygen atoms in total. The summed E-state index contributed by atoms with van der Waals surface area (Å²) < 4.78 is 10.8. The van der Waals surface area contributed by atoms with Crippen molar-refractivity contribution in [2.24, 2.45) is 10.9 Å². The van der Waals surface area contributed by atoms with Crippen LogP contribution in [0, 0.1) is 5.92 Å². The topological polar surface area (TPSA) is 58.1 Å². The highest BCUT2D eigenvalue weighted by Gasteiger charge is 2.17.